The molecule has 2 amide bonds. The fourth-order valence-corrected chi connectivity index (χ4v) is 5.43. The van der Waals surface area contributed by atoms with Crippen LogP contribution in [0.1, 0.15) is 67.2 Å². The minimum absolute atomic E-state index is 0.0327. The van der Waals surface area contributed by atoms with Crippen LogP contribution in [0.4, 0.5) is 15.4 Å². The molecule has 1 aromatic carbocycles. The van der Waals surface area contributed by atoms with Crippen LogP contribution >= 0.6 is 11.6 Å². The second-order valence-corrected chi connectivity index (χ2v) is 14.1. The van der Waals surface area contributed by atoms with Crippen molar-refractivity contribution in [2.24, 2.45) is 5.11 Å². The summed E-state index contributed by atoms with van der Waals surface area (Å²) >= 11 is 6.32. The molecular formula is C33H41ClN8O10. The van der Waals surface area contributed by atoms with E-state index in [4.69, 9.17) is 35.3 Å². The van der Waals surface area contributed by atoms with Crippen LogP contribution in [0.25, 0.3) is 21.6 Å². The average Bonchev–Trinajstić information content (AvgIpc) is 3.58. The highest BCUT2D eigenvalue weighted by molar-refractivity contribution is 6.29. The molecule has 280 valence electrons. The molecule has 1 N–H and O–H groups in total. The number of aliphatic hydroxyl groups is 1. The van der Waals surface area contributed by atoms with Crippen LogP contribution in [0.3, 0.4) is 0 Å². The fraction of sp³-hybridized carbons (Fsp3) is 0.545. The Labute approximate surface area is 303 Å². The molecule has 19 heteroatoms. The molecule has 1 saturated heterocycles. The van der Waals surface area contributed by atoms with Crippen LogP contribution in [0.5, 0.6) is 0 Å². The molecule has 0 saturated carbocycles. The van der Waals surface area contributed by atoms with E-state index in [1.54, 1.807) is 78.8 Å². The van der Waals surface area contributed by atoms with Gasteiger partial charge in [0.25, 0.3) is 0 Å². The topological polar surface area (TPSA) is 230 Å². The number of benzene rings is 1. The maximum absolute atomic E-state index is 13.4. The molecule has 1 aliphatic rings. The number of amides is 2. The van der Waals surface area contributed by atoms with Gasteiger partial charge < -0.3 is 28.8 Å². The zero-order valence-corrected chi connectivity index (χ0v) is 30.7. The zero-order valence-electron chi connectivity index (χ0n) is 30.0. The predicted molar refractivity (Wildman–Crippen MR) is 184 cm³/mol. The Bertz CT molecular complexity index is 1830. The molecule has 1 aliphatic heterocycles. The lowest BCUT2D eigenvalue weighted by molar-refractivity contribution is -0.183. The van der Waals surface area contributed by atoms with Crippen LogP contribution < -0.4 is 4.90 Å². The van der Waals surface area contributed by atoms with Gasteiger partial charge in [0.1, 0.15) is 29.6 Å². The van der Waals surface area contributed by atoms with E-state index in [1.165, 1.54) is 17.8 Å². The van der Waals surface area contributed by atoms with Crippen LogP contribution in [-0.2, 0) is 39.7 Å². The summed E-state index contributed by atoms with van der Waals surface area (Å²) in [5.41, 5.74) is 5.63. The molecule has 0 bridgehead atoms. The highest BCUT2D eigenvalue weighted by Gasteiger charge is 2.50. The third-order valence-electron chi connectivity index (χ3n) is 7.50. The molecule has 2 aromatic heterocycles. The maximum atomic E-state index is 13.4. The normalized spacial score (nSPS) is 20.0. The summed E-state index contributed by atoms with van der Waals surface area (Å²) in [4.78, 5) is 69.2. The molecule has 1 unspecified atom stereocenters. The number of imide groups is 1. The third-order valence-corrected chi connectivity index (χ3v) is 7.67. The summed E-state index contributed by atoms with van der Waals surface area (Å²) in [6.07, 6.45) is -5.42. The van der Waals surface area contributed by atoms with Gasteiger partial charge >= 0.3 is 18.2 Å². The van der Waals surface area contributed by atoms with Crippen LogP contribution in [0.15, 0.2) is 41.8 Å². The quantitative estimate of drug-likeness (QED) is 0.0504. The number of hydrogen-bond donors (Lipinski definition) is 1. The SMILES string of the molecule is CCOC(=O)C(Cc1ccccc1)(OC[C@H]1O[C@@H](n2cnc3c(N(C(=O)OC(C)(C)C)C(=O)OC(C)(C)C)nc(Cl)nc32)[C@H](N=[N+]=[N-])[C@@H]1O)C(C)=O. The van der Waals surface area contributed by atoms with Crippen molar-refractivity contribution in [2.45, 2.75) is 103 Å². The van der Waals surface area contributed by atoms with Crippen molar-refractivity contribution < 1.29 is 48.0 Å². The number of hydrogen-bond acceptors (Lipinski definition) is 14. The van der Waals surface area contributed by atoms with E-state index >= 15 is 0 Å². The average molecular weight is 745 g/mol. The Balaban J connectivity index is 1.75. The number of azide groups is 1. The minimum Gasteiger partial charge on any atom is -0.463 e. The minimum atomic E-state index is -2.10. The molecule has 18 nitrogen and oxygen atoms in total. The highest BCUT2D eigenvalue weighted by Crippen LogP contribution is 2.37. The fourth-order valence-electron chi connectivity index (χ4n) is 5.27. The number of ketones is 1. The first-order chi connectivity index (χ1) is 24.3. The summed E-state index contributed by atoms with van der Waals surface area (Å²) < 4.78 is 29.6. The number of aliphatic hydroxyl groups excluding tert-OH is 1. The van der Waals surface area contributed by atoms with E-state index in [0.717, 1.165) is 0 Å². The van der Waals surface area contributed by atoms with Gasteiger partial charge in [-0.25, -0.2) is 19.4 Å². The largest absolute Gasteiger partial charge is 0.463 e. The molecule has 3 aromatic rings. The summed E-state index contributed by atoms with van der Waals surface area (Å²) in [7, 11) is 0. The van der Waals surface area contributed by atoms with E-state index in [0.29, 0.717) is 10.5 Å². The summed E-state index contributed by atoms with van der Waals surface area (Å²) in [5.74, 6) is -1.97. The number of carbonyl (C=O) groups excluding carboxylic acids is 4. The molecule has 1 fully saturated rings. The van der Waals surface area contributed by atoms with Gasteiger partial charge in [-0.3, -0.25) is 9.36 Å². The van der Waals surface area contributed by atoms with Gasteiger partial charge in [0.15, 0.2) is 22.8 Å². The zero-order chi connectivity index (χ0) is 38.6. The molecule has 4 rings (SSSR count). The number of aromatic nitrogens is 4. The van der Waals surface area contributed by atoms with Crippen molar-refractivity contribution >= 4 is 52.5 Å². The van der Waals surface area contributed by atoms with E-state index < -0.39 is 82.9 Å². The number of imidazole rings is 1. The molecule has 52 heavy (non-hydrogen) atoms. The Morgan fingerprint density at radius 2 is 1.67 bits per heavy atom. The maximum Gasteiger partial charge on any atom is 0.425 e. The Morgan fingerprint density at radius 3 is 2.21 bits per heavy atom. The Morgan fingerprint density at radius 1 is 1.06 bits per heavy atom. The van der Waals surface area contributed by atoms with Crippen molar-refractivity contribution in [3.63, 3.8) is 0 Å². The lowest BCUT2D eigenvalue weighted by Crippen LogP contribution is -2.52. The second kappa shape index (κ2) is 15.8. The molecule has 0 radical (unpaired) electrons. The Hall–Kier alpha value is -4.87. The summed E-state index contributed by atoms with van der Waals surface area (Å²) in [5, 5.41) is 14.7. The first kappa shape index (κ1) is 39.9. The predicted octanol–water partition coefficient (Wildman–Crippen LogP) is 5.24. The monoisotopic (exact) mass is 744 g/mol. The Kier molecular flexibility index (Phi) is 12.1. The number of fused-ring (bicyclic) bond motifs is 1. The van der Waals surface area contributed by atoms with Crippen molar-refractivity contribution in [2.75, 3.05) is 18.1 Å². The number of anilines is 1. The van der Waals surface area contributed by atoms with E-state index in [1.807, 2.05) is 0 Å². The van der Waals surface area contributed by atoms with E-state index in [2.05, 4.69) is 25.0 Å². The molecular weight excluding hydrogens is 704 g/mol. The smallest absolute Gasteiger partial charge is 0.425 e. The van der Waals surface area contributed by atoms with Crippen LogP contribution in [0.2, 0.25) is 5.28 Å². The molecule has 0 aliphatic carbocycles. The number of halogens is 1. The van der Waals surface area contributed by atoms with E-state index in [-0.39, 0.29) is 24.2 Å². The van der Waals surface area contributed by atoms with Crippen LogP contribution in [0, 0.1) is 0 Å². The van der Waals surface area contributed by atoms with Gasteiger partial charge in [0.2, 0.25) is 10.9 Å². The van der Waals surface area contributed by atoms with Gasteiger partial charge in [0.05, 0.1) is 25.6 Å². The second-order valence-electron chi connectivity index (χ2n) is 13.8. The van der Waals surface area contributed by atoms with Gasteiger partial charge in [-0.05, 0) is 78.1 Å². The van der Waals surface area contributed by atoms with Gasteiger partial charge in [-0.15, -0.1) is 0 Å². The van der Waals surface area contributed by atoms with Crippen molar-refractivity contribution in [1.82, 2.24) is 19.5 Å². The van der Waals surface area contributed by atoms with Crippen LogP contribution in [-0.4, -0.2) is 96.8 Å². The number of ether oxygens (including phenoxy) is 5. The number of nitrogens with zero attached hydrogens (tertiary/aromatic N) is 8. The number of esters is 1. The lowest BCUT2D eigenvalue weighted by Gasteiger charge is -2.30. The standard InChI is InChI=1S/C33H41ClN8O10/c1-9-48-27(45)33(18(2)43,15-19-13-11-10-12-14-19)49-16-20-23(44)21(39-40-35)26(50-20)41-17-36-22-24(41)37-28(34)38-25(22)42(29(46)51-31(3,4)5)30(47)52-32(6,7)8/h10-14,17,20-21,23,26,44H,9,15-16H2,1-8H3/t20-,21-,23-,26-,33?/m1/s1. The molecule has 3 heterocycles. The summed E-state index contributed by atoms with van der Waals surface area (Å²) in [6, 6.07) is 7.34. The highest BCUT2D eigenvalue weighted by atomic mass is 35.5. The van der Waals surface area contributed by atoms with Crippen molar-refractivity contribution in [3.05, 3.63) is 57.9 Å². The van der Waals surface area contributed by atoms with Crippen molar-refractivity contribution in [1.29, 1.82) is 0 Å². The number of Topliss-reactive ketones (excluding diaryl/α,β-unsaturated/α-hetero) is 1. The first-order valence-corrected chi connectivity index (χ1v) is 16.6. The summed E-state index contributed by atoms with van der Waals surface area (Å²) in [6.45, 7) is 11.8. The van der Waals surface area contributed by atoms with Crippen molar-refractivity contribution in [3.8, 4) is 0 Å². The third kappa shape index (κ3) is 8.94. The first-order valence-electron chi connectivity index (χ1n) is 16.2. The molecule has 0 spiro atoms. The molecule has 5 atom stereocenters. The number of carbonyl (C=O) groups is 4. The van der Waals surface area contributed by atoms with Gasteiger partial charge in [0, 0.05) is 11.3 Å². The van der Waals surface area contributed by atoms with Gasteiger partial charge in [-0.1, -0.05) is 35.4 Å². The van der Waals surface area contributed by atoms with Gasteiger partial charge in [-0.2, -0.15) is 14.9 Å². The number of rotatable bonds is 11. The lowest BCUT2D eigenvalue weighted by atomic mass is 9.90. The van der Waals surface area contributed by atoms with E-state index in [9.17, 15) is 29.8 Å².